The molecule has 26 heavy (non-hydrogen) atoms. The van der Waals surface area contributed by atoms with E-state index in [4.69, 9.17) is 9.47 Å². The van der Waals surface area contributed by atoms with Gasteiger partial charge in [0.1, 0.15) is 5.82 Å². The van der Waals surface area contributed by atoms with Crippen LogP contribution in [0.2, 0.25) is 0 Å². The van der Waals surface area contributed by atoms with Crippen LogP contribution < -0.4 is 14.8 Å². The Labute approximate surface area is 152 Å². The fourth-order valence-electron chi connectivity index (χ4n) is 2.87. The van der Waals surface area contributed by atoms with E-state index in [1.807, 2.05) is 38.1 Å². The fraction of sp³-hybridized carbons (Fsp3) is 0.300. The number of nitrogens with one attached hydrogen (secondary N) is 2. The van der Waals surface area contributed by atoms with E-state index in [2.05, 4.69) is 15.3 Å². The molecule has 2 aromatic carbocycles. The summed E-state index contributed by atoms with van der Waals surface area (Å²) in [6.07, 6.45) is 0. The third-order valence-electron chi connectivity index (χ3n) is 4.30. The summed E-state index contributed by atoms with van der Waals surface area (Å²) in [6, 6.07) is 12.7. The minimum atomic E-state index is -0.233. The molecule has 0 radical (unpaired) electrons. The molecule has 0 saturated heterocycles. The number of aromatic nitrogens is 2. The van der Waals surface area contributed by atoms with E-state index in [9.17, 15) is 4.79 Å². The lowest BCUT2D eigenvalue weighted by Gasteiger charge is -2.20. The molecule has 0 saturated carbocycles. The van der Waals surface area contributed by atoms with Gasteiger partial charge in [0.15, 0.2) is 11.5 Å². The van der Waals surface area contributed by atoms with Gasteiger partial charge in [-0.3, -0.25) is 4.79 Å². The molecule has 6 nitrogen and oxygen atoms in total. The monoisotopic (exact) mass is 353 g/mol. The normalized spacial score (nSPS) is 12.2. The van der Waals surface area contributed by atoms with E-state index >= 15 is 0 Å². The van der Waals surface area contributed by atoms with Crippen molar-refractivity contribution in [1.82, 2.24) is 15.3 Å². The summed E-state index contributed by atoms with van der Waals surface area (Å²) in [7, 11) is 3.11. The van der Waals surface area contributed by atoms with Gasteiger partial charge in [-0.05, 0) is 36.2 Å². The number of methoxy groups -OCH3 is 2. The highest BCUT2D eigenvalue weighted by Crippen LogP contribution is 2.28. The Hall–Kier alpha value is -3.02. The second kappa shape index (κ2) is 7.47. The van der Waals surface area contributed by atoms with E-state index in [0.29, 0.717) is 17.1 Å². The maximum Gasteiger partial charge on any atom is 0.252 e. The molecule has 2 N–H and O–H groups in total. The fourth-order valence-corrected chi connectivity index (χ4v) is 2.87. The number of ether oxygens (including phenoxy) is 2. The number of benzene rings is 2. The van der Waals surface area contributed by atoms with Crippen LogP contribution in [0.5, 0.6) is 11.5 Å². The summed E-state index contributed by atoms with van der Waals surface area (Å²) in [4.78, 5) is 20.7. The van der Waals surface area contributed by atoms with Gasteiger partial charge in [0.2, 0.25) is 0 Å². The van der Waals surface area contributed by atoms with Crippen LogP contribution in [0.15, 0.2) is 42.5 Å². The van der Waals surface area contributed by atoms with Gasteiger partial charge in [-0.1, -0.05) is 26.0 Å². The minimum absolute atomic E-state index is 0.166. The quantitative estimate of drug-likeness (QED) is 0.708. The lowest BCUT2D eigenvalue weighted by molar-refractivity contribution is 0.0923. The highest BCUT2D eigenvalue weighted by molar-refractivity contribution is 5.95. The Bertz CT molecular complexity index is 885. The number of imidazole rings is 1. The van der Waals surface area contributed by atoms with Crippen molar-refractivity contribution in [3.63, 3.8) is 0 Å². The van der Waals surface area contributed by atoms with Crippen molar-refractivity contribution in [3.05, 3.63) is 53.9 Å². The standard InChI is InChI=1S/C20H23N3O3/c1-12(2)18(19-21-14-7-5-6-8-15(14)22-19)23-20(24)13-9-10-16(25-3)17(11-13)26-4/h5-12,18H,1-4H3,(H,21,22)(H,23,24)/t18-/m0/s1. The molecule has 0 aliphatic carbocycles. The average Bonchev–Trinajstić information content (AvgIpc) is 3.08. The maximum atomic E-state index is 12.8. The molecule has 1 aromatic heterocycles. The van der Waals surface area contributed by atoms with Gasteiger partial charge in [0.25, 0.3) is 5.91 Å². The van der Waals surface area contributed by atoms with Gasteiger partial charge in [-0.15, -0.1) is 0 Å². The second-order valence-electron chi connectivity index (χ2n) is 6.40. The van der Waals surface area contributed by atoms with Gasteiger partial charge >= 0.3 is 0 Å². The van der Waals surface area contributed by atoms with Crippen LogP contribution in [0.1, 0.15) is 36.1 Å². The number of hydrogen-bond acceptors (Lipinski definition) is 4. The first-order valence-corrected chi connectivity index (χ1v) is 8.51. The average molecular weight is 353 g/mol. The largest absolute Gasteiger partial charge is 0.493 e. The molecule has 0 aliphatic rings. The molecule has 1 heterocycles. The molecular weight excluding hydrogens is 330 g/mol. The van der Waals surface area contributed by atoms with Gasteiger partial charge in [-0.25, -0.2) is 4.98 Å². The van der Waals surface area contributed by atoms with Crippen molar-refractivity contribution in [2.45, 2.75) is 19.9 Å². The Morgan fingerprint density at radius 1 is 1.08 bits per heavy atom. The van der Waals surface area contributed by atoms with Crippen LogP contribution in [-0.4, -0.2) is 30.1 Å². The Morgan fingerprint density at radius 2 is 1.81 bits per heavy atom. The molecule has 0 bridgehead atoms. The number of amides is 1. The van der Waals surface area contributed by atoms with Gasteiger partial charge in [0, 0.05) is 5.56 Å². The van der Waals surface area contributed by atoms with Gasteiger partial charge in [0.05, 0.1) is 31.3 Å². The summed E-state index contributed by atoms with van der Waals surface area (Å²) in [5, 5.41) is 3.07. The summed E-state index contributed by atoms with van der Waals surface area (Å²) >= 11 is 0. The van der Waals surface area contributed by atoms with Crippen molar-refractivity contribution < 1.29 is 14.3 Å². The SMILES string of the molecule is COc1ccc(C(=O)N[C@H](c2nc3ccccc3[nH]2)C(C)C)cc1OC. The van der Waals surface area contributed by atoms with Crippen molar-refractivity contribution in [2.24, 2.45) is 5.92 Å². The van der Waals surface area contributed by atoms with Crippen LogP contribution in [0, 0.1) is 5.92 Å². The molecule has 0 fully saturated rings. The number of nitrogens with zero attached hydrogens (tertiary/aromatic N) is 1. The molecule has 3 rings (SSSR count). The highest BCUT2D eigenvalue weighted by Gasteiger charge is 2.23. The van der Waals surface area contributed by atoms with Crippen LogP contribution in [0.25, 0.3) is 11.0 Å². The maximum absolute atomic E-state index is 12.8. The Kier molecular flexibility index (Phi) is 5.11. The minimum Gasteiger partial charge on any atom is -0.493 e. The lowest BCUT2D eigenvalue weighted by atomic mass is 10.0. The molecule has 6 heteroatoms. The van der Waals surface area contributed by atoms with Crippen molar-refractivity contribution >= 4 is 16.9 Å². The zero-order valence-electron chi connectivity index (χ0n) is 15.4. The van der Waals surface area contributed by atoms with Crippen molar-refractivity contribution in [1.29, 1.82) is 0 Å². The molecule has 0 unspecified atom stereocenters. The van der Waals surface area contributed by atoms with Crippen LogP contribution in [0.4, 0.5) is 0 Å². The first kappa shape index (κ1) is 17.8. The first-order chi connectivity index (χ1) is 12.5. The molecule has 1 atom stereocenters. The number of hydrogen-bond donors (Lipinski definition) is 2. The summed E-state index contributed by atoms with van der Waals surface area (Å²) in [5.74, 6) is 1.83. The third kappa shape index (κ3) is 3.49. The molecule has 3 aromatic rings. The number of para-hydroxylation sites is 2. The number of rotatable bonds is 6. The highest BCUT2D eigenvalue weighted by atomic mass is 16.5. The van der Waals surface area contributed by atoms with E-state index in [-0.39, 0.29) is 17.9 Å². The summed E-state index contributed by atoms with van der Waals surface area (Å²) < 4.78 is 10.5. The third-order valence-corrected chi connectivity index (χ3v) is 4.30. The molecule has 0 aliphatic heterocycles. The van der Waals surface area contributed by atoms with Crippen LogP contribution in [0.3, 0.4) is 0 Å². The lowest BCUT2D eigenvalue weighted by Crippen LogP contribution is -2.32. The zero-order chi connectivity index (χ0) is 18.7. The molecule has 0 spiro atoms. The smallest absolute Gasteiger partial charge is 0.252 e. The predicted octanol–water partition coefficient (Wildman–Crippen LogP) is 3.71. The summed E-state index contributed by atoms with van der Waals surface area (Å²) in [6.45, 7) is 4.10. The number of carbonyl (C=O) groups excluding carboxylic acids is 1. The predicted molar refractivity (Wildman–Crippen MR) is 101 cm³/mol. The number of H-pyrrole nitrogens is 1. The topological polar surface area (TPSA) is 76.2 Å². The first-order valence-electron chi connectivity index (χ1n) is 8.51. The number of aromatic amines is 1. The van der Waals surface area contributed by atoms with E-state index < -0.39 is 0 Å². The van der Waals surface area contributed by atoms with Crippen molar-refractivity contribution in [3.8, 4) is 11.5 Å². The second-order valence-corrected chi connectivity index (χ2v) is 6.40. The Balaban J connectivity index is 1.87. The van der Waals surface area contributed by atoms with Crippen molar-refractivity contribution in [2.75, 3.05) is 14.2 Å². The molecule has 1 amide bonds. The van der Waals surface area contributed by atoms with E-state index in [1.54, 1.807) is 32.4 Å². The van der Waals surface area contributed by atoms with E-state index in [1.165, 1.54) is 0 Å². The Morgan fingerprint density at radius 3 is 2.46 bits per heavy atom. The zero-order valence-corrected chi connectivity index (χ0v) is 15.4. The number of carbonyl (C=O) groups is 1. The molecular formula is C20H23N3O3. The van der Waals surface area contributed by atoms with Crippen LogP contribution >= 0.6 is 0 Å². The van der Waals surface area contributed by atoms with Crippen LogP contribution in [-0.2, 0) is 0 Å². The number of fused-ring (bicyclic) bond motifs is 1. The van der Waals surface area contributed by atoms with E-state index in [0.717, 1.165) is 16.9 Å². The van der Waals surface area contributed by atoms with Gasteiger partial charge < -0.3 is 19.8 Å². The summed E-state index contributed by atoms with van der Waals surface area (Å²) in [5.41, 5.74) is 2.34. The molecule has 136 valence electrons. The van der Waals surface area contributed by atoms with Gasteiger partial charge in [-0.2, -0.15) is 0 Å².